The molecule has 1 atom stereocenters. The third kappa shape index (κ3) is 4.48. The summed E-state index contributed by atoms with van der Waals surface area (Å²) in [7, 11) is 0. The smallest absolute Gasteiger partial charge is 0.0941 e. The molecule has 1 aliphatic carbocycles. The second-order valence-electron chi connectivity index (χ2n) is 6.79. The number of rotatable bonds is 5. The van der Waals surface area contributed by atoms with E-state index in [9.17, 15) is 5.11 Å². The van der Waals surface area contributed by atoms with E-state index in [1.54, 1.807) is 0 Å². The summed E-state index contributed by atoms with van der Waals surface area (Å²) in [5.41, 5.74) is 0.406. The number of hydrogen-bond acceptors (Lipinski definition) is 3. The minimum atomic E-state index is -0.688. The number of benzene rings is 1. The van der Waals surface area contributed by atoms with Crippen molar-refractivity contribution < 1.29 is 5.11 Å². The maximum absolute atomic E-state index is 11.6. The van der Waals surface area contributed by atoms with E-state index < -0.39 is 5.60 Å². The zero-order valence-electron chi connectivity index (χ0n) is 13.9. The number of aliphatic hydroxyl groups is 1. The van der Waals surface area contributed by atoms with Crippen LogP contribution in [0, 0.1) is 5.92 Å². The van der Waals surface area contributed by atoms with Gasteiger partial charge in [-0.3, -0.25) is 4.99 Å². The molecule has 3 nitrogen and oxygen atoms in total. The van der Waals surface area contributed by atoms with Crippen LogP contribution in [0.3, 0.4) is 0 Å². The molecule has 128 valence electrons. The van der Waals surface area contributed by atoms with Crippen LogP contribution in [-0.4, -0.2) is 36.0 Å². The second kappa shape index (κ2) is 8.70. The van der Waals surface area contributed by atoms with Crippen molar-refractivity contribution in [3.63, 3.8) is 0 Å². The molecule has 1 aliphatic heterocycles. The topological polar surface area (TPSA) is 35.8 Å². The van der Waals surface area contributed by atoms with Crippen molar-refractivity contribution in [1.82, 2.24) is 4.90 Å². The number of aliphatic imine (C=N–C) groups is 1. The van der Waals surface area contributed by atoms with Crippen molar-refractivity contribution in [3.8, 4) is 0 Å². The van der Waals surface area contributed by atoms with E-state index in [4.69, 9.17) is 0 Å². The van der Waals surface area contributed by atoms with Gasteiger partial charge in [0.05, 0.1) is 11.9 Å². The Morgan fingerprint density at radius 2 is 1.83 bits per heavy atom. The molecule has 0 amide bonds. The molecule has 1 aromatic carbocycles. The summed E-state index contributed by atoms with van der Waals surface area (Å²) in [6.07, 6.45) is 10.0. The maximum Gasteiger partial charge on any atom is 0.0941 e. The monoisotopic (exact) mass is 336 g/mol. The lowest BCUT2D eigenvalue weighted by Crippen LogP contribution is -2.40. The minimum absolute atomic E-state index is 0. The fraction of sp³-hybridized carbons (Fsp3) is 0.632. The lowest BCUT2D eigenvalue weighted by atomic mass is 9.71. The Morgan fingerprint density at radius 1 is 1.09 bits per heavy atom. The SMILES string of the molecule is Cl.OC(CCN1C=NCCC1)(c1ccccc1)C1CCCCC1. The first-order valence-corrected chi connectivity index (χ1v) is 8.81. The van der Waals surface area contributed by atoms with Gasteiger partial charge in [-0.2, -0.15) is 0 Å². The highest BCUT2D eigenvalue weighted by Crippen LogP contribution is 2.41. The van der Waals surface area contributed by atoms with Gasteiger partial charge in [-0.25, -0.2) is 0 Å². The lowest BCUT2D eigenvalue weighted by Gasteiger charge is -2.40. The zero-order chi connectivity index (χ0) is 15.3. The second-order valence-corrected chi connectivity index (χ2v) is 6.79. The van der Waals surface area contributed by atoms with Gasteiger partial charge in [-0.05, 0) is 37.2 Å². The van der Waals surface area contributed by atoms with Gasteiger partial charge in [0.25, 0.3) is 0 Å². The highest BCUT2D eigenvalue weighted by molar-refractivity contribution is 5.85. The van der Waals surface area contributed by atoms with Crippen molar-refractivity contribution in [2.75, 3.05) is 19.6 Å². The molecule has 23 heavy (non-hydrogen) atoms. The van der Waals surface area contributed by atoms with E-state index >= 15 is 0 Å². The van der Waals surface area contributed by atoms with Crippen molar-refractivity contribution in [2.24, 2.45) is 10.9 Å². The zero-order valence-corrected chi connectivity index (χ0v) is 14.7. The van der Waals surface area contributed by atoms with Crippen LogP contribution in [0.1, 0.15) is 50.5 Å². The van der Waals surface area contributed by atoms with Gasteiger partial charge in [0.1, 0.15) is 0 Å². The highest BCUT2D eigenvalue weighted by atomic mass is 35.5. The molecule has 0 spiro atoms. The quantitative estimate of drug-likeness (QED) is 0.882. The predicted octanol–water partition coefficient (Wildman–Crippen LogP) is 4.00. The Hall–Kier alpha value is -1.06. The van der Waals surface area contributed by atoms with Gasteiger partial charge in [0.15, 0.2) is 0 Å². The molecule has 1 heterocycles. The van der Waals surface area contributed by atoms with E-state index in [1.807, 2.05) is 24.5 Å². The summed E-state index contributed by atoms with van der Waals surface area (Å²) in [6, 6.07) is 10.3. The van der Waals surface area contributed by atoms with E-state index in [1.165, 1.54) is 19.3 Å². The van der Waals surface area contributed by atoms with Crippen LogP contribution in [0.5, 0.6) is 0 Å². The third-order valence-corrected chi connectivity index (χ3v) is 5.31. The molecular weight excluding hydrogens is 308 g/mol. The molecule has 1 aromatic rings. The van der Waals surface area contributed by atoms with E-state index in [-0.39, 0.29) is 12.4 Å². The molecule has 1 fully saturated rings. The predicted molar refractivity (Wildman–Crippen MR) is 98.3 cm³/mol. The normalized spacial score (nSPS) is 21.5. The highest BCUT2D eigenvalue weighted by Gasteiger charge is 2.38. The van der Waals surface area contributed by atoms with Crippen LogP contribution in [0.4, 0.5) is 0 Å². The molecular formula is C19H29ClN2O. The van der Waals surface area contributed by atoms with E-state index in [2.05, 4.69) is 22.0 Å². The molecule has 1 saturated carbocycles. The fourth-order valence-corrected chi connectivity index (χ4v) is 3.97. The summed E-state index contributed by atoms with van der Waals surface area (Å²) in [5, 5.41) is 11.6. The molecule has 2 aliphatic rings. The van der Waals surface area contributed by atoms with Gasteiger partial charge >= 0.3 is 0 Å². The van der Waals surface area contributed by atoms with Crippen molar-refractivity contribution in [1.29, 1.82) is 0 Å². The van der Waals surface area contributed by atoms with Gasteiger partial charge < -0.3 is 10.0 Å². The molecule has 0 aromatic heterocycles. The van der Waals surface area contributed by atoms with Crippen LogP contribution in [0.15, 0.2) is 35.3 Å². The van der Waals surface area contributed by atoms with Crippen LogP contribution in [0.2, 0.25) is 0 Å². The van der Waals surface area contributed by atoms with E-state index in [0.717, 1.165) is 50.9 Å². The van der Waals surface area contributed by atoms with E-state index in [0.29, 0.717) is 5.92 Å². The van der Waals surface area contributed by atoms with Crippen LogP contribution < -0.4 is 0 Å². The Balaban J connectivity index is 0.00000192. The van der Waals surface area contributed by atoms with Crippen molar-refractivity contribution in [2.45, 2.75) is 50.5 Å². The average Bonchev–Trinajstić information content (AvgIpc) is 2.62. The molecule has 1 unspecified atom stereocenters. The Bertz CT molecular complexity index is 487. The molecule has 3 rings (SSSR count). The Morgan fingerprint density at radius 3 is 2.48 bits per heavy atom. The van der Waals surface area contributed by atoms with Crippen LogP contribution in [-0.2, 0) is 5.60 Å². The van der Waals surface area contributed by atoms with Crippen LogP contribution >= 0.6 is 12.4 Å². The number of nitrogens with zero attached hydrogens (tertiary/aromatic N) is 2. The average molecular weight is 337 g/mol. The summed E-state index contributed by atoms with van der Waals surface area (Å²) < 4.78 is 0. The standard InChI is InChI=1S/C19H28N2O.ClH/c22-19(17-8-3-1-4-9-17,18-10-5-2-6-11-18)12-15-21-14-7-13-20-16-21;/h1,3-4,8-9,16,18,22H,2,5-7,10-15H2;1H. The third-order valence-electron chi connectivity index (χ3n) is 5.31. The summed E-state index contributed by atoms with van der Waals surface area (Å²) in [5.74, 6) is 0.394. The van der Waals surface area contributed by atoms with Gasteiger partial charge in [-0.15, -0.1) is 12.4 Å². The Labute approximate surface area is 146 Å². The number of hydrogen-bond donors (Lipinski definition) is 1. The fourth-order valence-electron chi connectivity index (χ4n) is 3.97. The van der Waals surface area contributed by atoms with Gasteiger partial charge in [-0.1, -0.05) is 49.6 Å². The Kier molecular flexibility index (Phi) is 6.91. The molecule has 0 bridgehead atoms. The first-order chi connectivity index (χ1) is 10.8. The summed E-state index contributed by atoms with van der Waals surface area (Å²) >= 11 is 0. The summed E-state index contributed by atoms with van der Waals surface area (Å²) in [4.78, 5) is 6.63. The van der Waals surface area contributed by atoms with Crippen molar-refractivity contribution >= 4 is 18.7 Å². The summed E-state index contributed by atoms with van der Waals surface area (Å²) in [6.45, 7) is 2.91. The van der Waals surface area contributed by atoms with Crippen LogP contribution in [0.25, 0.3) is 0 Å². The largest absolute Gasteiger partial charge is 0.385 e. The molecule has 1 N–H and O–H groups in total. The lowest BCUT2D eigenvalue weighted by molar-refractivity contribution is -0.0491. The molecule has 4 heteroatoms. The number of halogens is 1. The minimum Gasteiger partial charge on any atom is -0.385 e. The molecule has 0 saturated heterocycles. The first-order valence-electron chi connectivity index (χ1n) is 8.81. The van der Waals surface area contributed by atoms with Crippen molar-refractivity contribution in [3.05, 3.63) is 35.9 Å². The van der Waals surface area contributed by atoms with Gasteiger partial charge in [0, 0.05) is 19.6 Å². The maximum atomic E-state index is 11.6. The first kappa shape index (κ1) is 18.3. The molecule has 0 radical (unpaired) electrons. The van der Waals surface area contributed by atoms with Gasteiger partial charge in [0.2, 0.25) is 0 Å².